The normalized spacial score (nSPS) is 11.2. The van der Waals surface area contributed by atoms with Crippen LogP contribution in [0.1, 0.15) is 0 Å². The maximum Gasteiger partial charge on any atom is 0.175 e. The molecular formula is C16H10N4S5. The van der Waals surface area contributed by atoms with E-state index in [1.165, 1.54) is 0 Å². The molecule has 124 valence electrons. The topological polar surface area (TPSA) is 63.2 Å². The van der Waals surface area contributed by atoms with Crippen molar-refractivity contribution in [2.45, 2.75) is 9.79 Å². The van der Waals surface area contributed by atoms with Gasteiger partial charge in [0, 0.05) is 20.6 Å². The highest BCUT2D eigenvalue weighted by Crippen LogP contribution is 2.31. The summed E-state index contributed by atoms with van der Waals surface area (Å²) >= 11 is 22.6. The Morgan fingerprint density at radius 1 is 0.600 bits per heavy atom. The van der Waals surface area contributed by atoms with Crippen LogP contribution in [-0.2, 0) is 0 Å². The van der Waals surface area contributed by atoms with Gasteiger partial charge in [-0.1, -0.05) is 36.2 Å². The molecule has 4 rings (SSSR count). The van der Waals surface area contributed by atoms with Crippen LogP contribution in [0.2, 0.25) is 0 Å². The Labute approximate surface area is 166 Å². The lowest BCUT2D eigenvalue weighted by Crippen LogP contribution is -1.87. The molecule has 2 aromatic heterocycles. The molecule has 9 heteroatoms. The van der Waals surface area contributed by atoms with Crippen LogP contribution in [0.4, 0.5) is 0 Å². The van der Waals surface area contributed by atoms with Crippen LogP contribution < -0.4 is 0 Å². The smallest absolute Gasteiger partial charge is 0.175 e. The Morgan fingerprint density at radius 3 is 1.48 bits per heavy atom. The van der Waals surface area contributed by atoms with Crippen molar-refractivity contribution in [1.82, 2.24) is 19.9 Å². The van der Waals surface area contributed by atoms with Crippen molar-refractivity contribution in [3.05, 3.63) is 55.2 Å². The van der Waals surface area contributed by atoms with Crippen molar-refractivity contribution in [1.29, 1.82) is 0 Å². The molecule has 0 aliphatic rings. The minimum atomic E-state index is 0.527. The molecular weight excluding hydrogens is 409 g/mol. The summed E-state index contributed by atoms with van der Waals surface area (Å²) in [5.74, 6) is 0. The van der Waals surface area contributed by atoms with Crippen LogP contribution >= 0.6 is 60.6 Å². The van der Waals surface area contributed by atoms with Crippen molar-refractivity contribution >= 4 is 82.4 Å². The number of hydrogen-bond donors (Lipinski definition) is 4. The number of aromatic nitrogens is 4. The summed E-state index contributed by atoms with van der Waals surface area (Å²) in [5.41, 5.74) is 1.85. The van der Waals surface area contributed by atoms with E-state index in [9.17, 15) is 0 Å². The molecule has 0 saturated heterocycles. The summed E-state index contributed by atoms with van der Waals surface area (Å²) in [6, 6.07) is 12.2. The van der Waals surface area contributed by atoms with Crippen molar-refractivity contribution < 1.29 is 0 Å². The molecule has 0 aliphatic heterocycles. The third kappa shape index (κ3) is 3.38. The third-order valence-corrected chi connectivity index (χ3v) is 5.69. The zero-order valence-electron chi connectivity index (χ0n) is 12.5. The first-order valence-corrected chi connectivity index (χ1v) is 9.65. The molecule has 25 heavy (non-hydrogen) atoms. The largest absolute Gasteiger partial charge is 0.332 e. The molecule has 0 unspecified atom stereocenters. The first-order valence-electron chi connectivity index (χ1n) is 7.20. The molecule has 2 heterocycles. The average Bonchev–Trinajstić information content (AvgIpc) is 2.56. The summed E-state index contributed by atoms with van der Waals surface area (Å²) in [6.45, 7) is 0. The van der Waals surface area contributed by atoms with Gasteiger partial charge in [0.15, 0.2) is 9.54 Å². The molecule has 0 atom stereocenters. The number of rotatable bonds is 2. The van der Waals surface area contributed by atoms with E-state index < -0.39 is 0 Å². The average molecular weight is 419 g/mol. The van der Waals surface area contributed by atoms with E-state index in [-0.39, 0.29) is 0 Å². The molecule has 0 bridgehead atoms. The van der Waals surface area contributed by atoms with Gasteiger partial charge in [-0.25, -0.2) is 0 Å². The molecule has 0 aliphatic carbocycles. The van der Waals surface area contributed by atoms with Crippen LogP contribution in [0, 0.1) is 18.8 Å². The molecule has 0 radical (unpaired) electrons. The van der Waals surface area contributed by atoms with Gasteiger partial charge < -0.3 is 19.9 Å². The Hall–Kier alpha value is -1.65. The van der Waals surface area contributed by atoms with Gasteiger partial charge in [-0.05, 0) is 60.8 Å². The molecule has 0 saturated carbocycles. The fraction of sp³-hybridized carbons (Fsp3) is 0. The van der Waals surface area contributed by atoms with E-state index in [1.807, 2.05) is 36.4 Å². The van der Waals surface area contributed by atoms with Gasteiger partial charge >= 0.3 is 0 Å². The maximum atomic E-state index is 5.37. The van der Waals surface area contributed by atoms with Gasteiger partial charge in [-0.15, -0.1) is 0 Å². The fourth-order valence-electron chi connectivity index (χ4n) is 2.55. The number of hydrogen-bond acceptors (Lipinski definition) is 5. The lowest BCUT2D eigenvalue weighted by atomic mass is 10.2. The lowest BCUT2D eigenvalue weighted by molar-refractivity contribution is 1.16. The number of nitrogens with one attached hydrogen (secondary N) is 4. The summed E-state index contributed by atoms with van der Waals surface area (Å²) in [7, 11) is 0. The Balaban J connectivity index is 1.80. The van der Waals surface area contributed by atoms with Crippen LogP contribution in [0.25, 0.3) is 21.8 Å². The first-order chi connectivity index (χ1) is 12.0. The predicted molar refractivity (Wildman–Crippen MR) is 113 cm³/mol. The van der Waals surface area contributed by atoms with E-state index >= 15 is 0 Å². The summed E-state index contributed by atoms with van der Waals surface area (Å²) < 4.78 is 2.32. The molecule has 0 fully saturated rings. The number of benzene rings is 2. The zero-order chi connectivity index (χ0) is 17.6. The summed E-state index contributed by atoms with van der Waals surface area (Å²) in [6.07, 6.45) is 0. The van der Waals surface area contributed by atoms with E-state index in [4.69, 9.17) is 48.9 Å². The van der Waals surface area contributed by atoms with Crippen LogP contribution in [0.3, 0.4) is 0 Å². The third-order valence-electron chi connectivity index (χ3n) is 3.66. The molecule has 2 aromatic carbocycles. The van der Waals surface area contributed by atoms with Crippen LogP contribution in [0.15, 0.2) is 46.2 Å². The standard InChI is InChI=1S/C16H10N4S5/c21-13-9-5-7(1-3-11(9)17-15(23)19-13)25-8-2-4-12-10(6-8)14(22)20-16(24)18-12/h1-6H,(H2,17,19,21,23)(H2,18,20,22,24). The Bertz CT molecular complexity index is 1250. The SMILES string of the molecule is S=c1[nH]c(=S)c2cc(Sc3ccc4[nH]c(=S)[nH]c(=S)c4c3)ccc2[nH]1. The maximum absolute atomic E-state index is 5.37. The van der Waals surface area contributed by atoms with E-state index in [0.29, 0.717) is 18.8 Å². The molecule has 4 nitrogen and oxygen atoms in total. The number of H-pyrrole nitrogens is 4. The van der Waals surface area contributed by atoms with Gasteiger partial charge in [0.05, 0.1) is 11.0 Å². The first kappa shape index (κ1) is 16.8. The van der Waals surface area contributed by atoms with Crippen molar-refractivity contribution in [2.75, 3.05) is 0 Å². The minimum absolute atomic E-state index is 0.527. The Kier molecular flexibility index (Phi) is 4.42. The highest BCUT2D eigenvalue weighted by atomic mass is 32.2. The van der Waals surface area contributed by atoms with Crippen molar-refractivity contribution in [3.63, 3.8) is 0 Å². The van der Waals surface area contributed by atoms with E-state index in [2.05, 4.69) is 19.9 Å². The van der Waals surface area contributed by atoms with Gasteiger partial charge in [0.2, 0.25) is 0 Å². The van der Waals surface area contributed by atoms with Gasteiger partial charge in [0.25, 0.3) is 0 Å². The lowest BCUT2D eigenvalue weighted by Gasteiger charge is -2.06. The zero-order valence-corrected chi connectivity index (χ0v) is 16.6. The molecule has 0 spiro atoms. The second kappa shape index (κ2) is 6.58. The predicted octanol–water partition coefficient (Wildman–Crippen LogP) is 6.37. The molecule has 4 N–H and O–H groups in total. The second-order valence-electron chi connectivity index (χ2n) is 5.33. The molecule has 0 amide bonds. The van der Waals surface area contributed by atoms with E-state index in [1.54, 1.807) is 11.8 Å². The summed E-state index contributed by atoms with van der Waals surface area (Å²) in [5, 5.41) is 1.88. The van der Waals surface area contributed by atoms with E-state index in [0.717, 1.165) is 31.6 Å². The quantitative estimate of drug-likeness (QED) is 0.285. The van der Waals surface area contributed by atoms with Crippen molar-refractivity contribution in [2.24, 2.45) is 0 Å². The molecule has 4 aromatic rings. The van der Waals surface area contributed by atoms with Crippen LogP contribution in [-0.4, -0.2) is 19.9 Å². The number of fused-ring (bicyclic) bond motifs is 2. The number of aromatic amines is 4. The Morgan fingerprint density at radius 2 is 1.04 bits per heavy atom. The van der Waals surface area contributed by atoms with Crippen LogP contribution in [0.5, 0.6) is 0 Å². The monoisotopic (exact) mass is 418 g/mol. The highest BCUT2D eigenvalue weighted by molar-refractivity contribution is 7.99. The summed E-state index contributed by atoms with van der Waals surface area (Å²) in [4.78, 5) is 14.3. The van der Waals surface area contributed by atoms with Gasteiger partial charge in [-0.2, -0.15) is 0 Å². The second-order valence-corrected chi connectivity index (χ2v) is 8.11. The fourth-order valence-corrected chi connectivity index (χ4v) is 4.54. The minimum Gasteiger partial charge on any atom is -0.332 e. The van der Waals surface area contributed by atoms with Gasteiger partial charge in [-0.3, -0.25) is 0 Å². The van der Waals surface area contributed by atoms with Gasteiger partial charge in [0.1, 0.15) is 9.28 Å². The highest BCUT2D eigenvalue weighted by Gasteiger charge is 2.04. The van der Waals surface area contributed by atoms with Crippen molar-refractivity contribution in [3.8, 4) is 0 Å².